The zero-order chi connectivity index (χ0) is 13.6. The first kappa shape index (κ1) is 15.9. The van der Waals surface area contributed by atoms with Gasteiger partial charge in [-0.25, -0.2) is 13.1 Å². The van der Waals surface area contributed by atoms with Crippen LogP contribution in [0.15, 0.2) is 0 Å². The number of hydrogen-bond donors (Lipinski definition) is 2. The third-order valence-corrected chi connectivity index (χ3v) is 5.38. The van der Waals surface area contributed by atoms with Gasteiger partial charge < -0.3 is 10.1 Å². The molecule has 1 heterocycles. The van der Waals surface area contributed by atoms with Crippen molar-refractivity contribution >= 4 is 10.0 Å². The van der Waals surface area contributed by atoms with Gasteiger partial charge >= 0.3 is 0 Å². The van der Waals surface area contributed by atoms with Crippen LogP contribution in [0, 0.1) is 0 Å². The van der Waals surface area contributed by atoms with E-state index in [0.717, 1.165) is 25.8 Å². The fourth-order valence-corrected chi connectivity index (χ4v) is 3.39. The van der Waals surface area contributed by atoms with E-state index < -0.39 is 15.3 Å². The van der Waals surface area contributed by atoms with Gasteiger partial charge in [-0.1, -0.05) is 6.92 Å². The van der Waals surface area contributed by atoms with E-state index in [9.17, 15) is 8.42 Å². The normalized spacial score (nSPS) is 21.7. The Morgan fingerprint density at radius 1 is 1.33 bits per heavy atom. The number of ether oxygens (including phenoxy) is 1. The zero-order valence-corrected chi connectivity index (χ0v) is 12.5. The highest BCUT2D eigenvalue weighted by atomic mass is 32.2. The molecule has 0 bridgehead atoms. The van der Waals surface area contributed by atoms with Gasteiger partial charge in [0, 0.05) is 25.3 Å². The molecule has 6 heteroatoms. The second kappa shape index (κ2) is 6.84. The Morgan fingerprint density at radius 2 is 1.94 bits per heavy atom. The molecule has 0 spiro atoms. The van der Waals surface area contributed by atoms with Crippen LogP contribution in [0.25, 0.3) is 0 Å². The molecule has 1 unspecified atom stereocenters. The predicted molar refractivity (Wildman–Crippen MR) is 73.1 cm³/mol. The number of sulfonamides is 1. The van der Waals surface area contributed by atoms with Crippen LogP contribution in [0.3, 0.4) is 0 Å². The van der Waals surface area contributed by atoms with Crippen molar-refractivity contribution in [2.75, 3.05) is 26.3 Å². The van der Waals surface area contributed by atoms with Crippen LogP contribution in [0.2, 0.25) is 0 Å². The van der Waals surface area contributed by atoms with Gasteiger partial charge in [-0.2, -0.15) is 0 Å². The predicted octanol–water partition coefficient (Wildman–Crippen LogP) is 0.863. The summed E-state index contributed by atoms with van der Waals surface area (Å²) in [5, 5.41) is 2.73. The molecule has 0 aromatic heterocycles. The SMILES string of the molecule is CCCNCC(C)S(=O)(=O)NC1(C)CCOCC1. The van der Waals surface area contributed by atoms with Crippen molar-refractivity contribution in [3.8, 4) is 0 Å². The first-order chi connectivity index (χ1) is 8.40. The molecule has 1 aliphatic heterocycles. The maximum absolute atomic E-state index is 12.2. The van der Waals surface area contributed by atoms with Crippen molar-refractivity contribution in [3.63, 3.8) is 0 Å². The van der Waals surface area contributed by atoms with E-state index >= 15 is 0 Å². The Labute approximate surface area is 111 Å². The molecule has 108 valence electrons. The minimum absolute atomic E-state index is 0.351. The first-order valence-electron chi connectivity index (χ1n) is 6.71. The van der Waals surface area contributed by atoms with Crippen LogP contribution in [0.5, 0.6) is 0 Å². The monoisotopic (exact) mass is 278 g/mol. The maximum atomic E-state index is 12.2. The average molecular weight is 278 g/mol. The van der Waals surface area contributed by atoms with E-state index in [1.165, 1.54) is 0 Å². The Hall–Kier alpha value is -0.170. The van der Waals surface area contributed by atoms with Gasteiger partial charge in [0.05, 0.1) is 5.25 Å². The number of nitrogens with one attached hydrogen (secondary N) is 2. The lowest BCUT2D eigenvalue weighted by Gasteiger charge is -2.35. The molecule has 1 atom stereocenters. The molecule has 0 aliphatic carbocycles. The summed E-state index contributed by atoms with van der Waals surface area (Å²) >= 11 is 0. The van der Waals surface area contributed by atoms with Crippen molar-refractivity contribution in [1.82, 2.24) is 10.0 Å². The van der Waals surface area contributed by atoms with Gasteiger partial charge in [0.1, 0.15) is 0 Å². The third kappa shape index (κ3) is 4.84. The first-order valence-corrected chi connectivity index (χ1v) is 8.25. The topological polar surface area (TPSA) is 67.4 Å². The fourth-order valence-electron chi connectivity index (χ4n) is 1.96. The highest BCUT2D eigenvalue weighted by Gasteiger charge is 2.34. The van der Waals surface area contributed by atoms with Crippen LogP contribution in [0.4, 0.5) is 0 Å². The van der Waals surface area contributed by atoms with Crippen molar-refractivity contribution in [1.29, 1.82) is 0 Å². The van der Waals surface area contributed by atoms with E-state index in [1.807, 2.05) is 6.92 Å². The number of hydrogen-bond acceptors (Lipinski definition) is 4. The average Bonchev–Trinajstić information content (AvgIpc) is 2.28. The summed E-state index contributed by atoms with van der Waals surface area (Å²) in [6, 6.07) is 0. The fraction of sp³-hybridized carbons (Fsp3) is 1.00. The van der Waals surface area contributed by atoms with Gasteiger partial charge in [-0.05, 0) is 39.7 Å². The Balaban J connectivity index is 2.51. The molecule has 0 aromatic rings. The van der Waals surface area contributed by atoms with Crippen molar-refractivity contribution in [2.24, 2.45) is 0 Å². The molecule has 2 N–H and O–H groups in total. The van der Waals surface area contributed by atoms with Gasteiger partial charge in [0.2, 0.25) is 10.0 Å². The molecular formula is C12H26N2O3S. The van der Waals surface area contributed by atoms with Gasteiger partial charge in [0.25, 0.3) is 0 Å². The summed E-state index contributed by atoms with van der Waals surface area (Å²) in [5.74, 6) is 0. The molecule has 1 rings (SSSR count). The smallest absolute Gasteiger partial charge is 0.215 e. The van der Waals surface area contributed by atoms with Crippen LogP contribution >= 0.6 is 0 Å². The molecule has 1 fully saturated rings. The lowest BCUT2D eigenvalue weighted by atomic mass is 9.94. The van der Waals surface area contributed by atoms with E-state index in [-0.39, 0.29) is 5.54 Å². The minimum atomic E-state index is -3.27. The summed E-state index contributed by atoms with van der Waals surface area (Å²) in [6.07, 6.45) is 2.48. The molecule has 0 saturated carbocycles. The van der Waals surface area contributed by atoms with Crippen molar-refractivity contribution in [3.05, 3.63) is 0 Å². The van der Waals surface area contributed by atoms with Crippen molar-refractivity contribution in [2.45, 2.75) is 50.8 Å². The Bertz CT molecular complexity index is 337. The summed E-state index contributed by atoms with van der Waals surface area (Å²) in [6.45, 7) is 8.37. The molecule has 18 heavy (non-hydrogen) atoms. The maximum Gasteiger partial charge on any atom is 0.215 e. The van der Waals surface area contributed by atoms with E-state index in [4.69, 9.17) is 4.74 Å². The van der Waals surface area contributed by atoms with Crippen molar-refractivity contribution < 1.29 is 13.2 Å². The highest BCUT2D eigenvalue weighted by molar-refractivity contribution is 7.90. The number of rotatable bonds is 7. The van der Waals surface area contributed by atoms with Crippen LogP contribution in [-0.4, -0.2) is 45.5 Å². The summed E-state index contributed by atoms with van der Waals surface area (Å²) in [7, 11) is -3.27. The van der Waals surface area contributed by atoms with E-state index in [2.05, 4.69) is 17.0 Å². The quantitative estimate of drug-likeness (QED) is 0.678. The van der Waals surface area contributed by atoms with Crippen LogP contribution < -0.4 is 10.0 Å². The zero-order valence-electron chi connectivity index (χ0n) is 11.7. The summed E-state index contributed by atoms with van der Waals surface area (Å²) in [4.78, 5) is 0. The van der Waals surface area contributed by atoms with E-state index in [0.29, 0.717) is 19.8 Å². The Kier molecular flexibility index (Phi) is 6.04. The third-order valence-electron chi connectivity index (χ3n) is 3.37. The molecule has 0 aromatic carbocycles. The minimum Gasteiger partial charge on any atom is -0.381 e. The van der Waals surface area contributed by atoms with Gasteiger partial charge in [-0.15, -0.1) is 0 Å². The lowest BCUT2D eigenvalue weighted by Crippen LogP contribution is -2.53. The molecule has 0 radical (unpaired) electrons. The highest BCUT2D eigenvalue weighted by Crippen LogP contribution is 2.21. The summed E-state index contributed by atoms with van der Waals surface area (Å²) in [5.41, 5.74) is -0.351. The molecular weight excluding hydrogens is 252 g/mol. The second-order valence-electron chi connectivity index (χ2n) is 5.33. The second-order valence-corrected chi connectivity index (χ2v) is 7.43. The summed E-state index contributed by atoms with van der Waals surface area (Å²) < 4.78 is 32.5. The van der Waals surface area contributed by atoms with Gasteiger partial charge in [0.15, 0.2) is 0 Å². The standard InChI is InChI=1S/C12H26N2O3S/c1-4-7-13-10-11(2)18(15,16)14-12(3)5-8-17-9-6-12/h11,13-14H,4-10H2,1-3H3. The molecule has 1 saturated heterocycles. The lowest BCUT2D eigenvalue weighted by molar-refractivity contribution is 0.0537. The van der Waals surface area contributed by atoms with Gasteiger partial charge in [-0.3, -0.25) is 0 Å². The largest absolute Gasteiger partial charge is 0.381 e. The van der Waals surface area contributed by atoms with Crippen LogP contribution in [-0.2, 0) is 14.8 Å². The molecule has 1 aliphatic rings. The van der Waals surface area contributed by atoms with E-state index in [1.54, 1.807) is 6.92 Å². The Morgan fingerprint density at radius 3 is 2.50 bits per heavy atom. The van der Waals surface area contributed by atoms with Crippen LogP contribution in [0.1, 0.15) is 40.0 Å². The molecule has 5 nitrogen and oxygen atoms in total. The molecule has 0 amide bonds.